The summed E-state index contributed by atoms with van der Waals surface area (Å²) in [4.78, 5) is 32.5. The first-order valence-corrected chi connectivity index (χ1v) is 5.83. The minimum Gasteiger partial charge on any atom is -0.480 e. The molecule has 0 bridgehead atoms. The lowest BCUT2D eigenvalue weighted by Crippen LogP contribution is -2.48. The Morgan fingerprint density at radius 1 is 1.35 bits per heavy atom. The van der Waals surface area contributed by atoms with Gasteiger partial charge in [-0.05, 0) is 13.8 Å². The molecule has 0 aliphatic rings. The van der Waals surface area contributed by atoms with E-state index in [1.807, 2.05) is 0 Å². The summed E-state index contributed by atoms with van der Waals surface area (Å²) >= 11 is 1.11. The molecule has 7 nitrogen and oxygen atoms in total. The number of rotatable bonds is 5. The lowest BCUT2D eigenvalue weighted by atomic mass is 10.1. The van der Waals surface area contributed by atoms with Gasteiger partial charge in [0.15, 0.2) is 0 Å². The highest BCUT2D eigenvalue weighted by molar-refractivity contribution is 8.01. The van der Waals surface area contributed by atoms with Crippen LogP contribution in [0, 0.1) is 0 Å². The zero-order valence-corrected chi connectivity index (χ0v) is 10.8. The second-order valence-corrected chi connectivity index (χ2v) is 5.57. The van der Waals surface area contributed by atoms with Gasteiger partial charge in [-0.1, -0.05) is 0 Å². The predicted molar refractivity (Wildman–Crippen MR) is 64.1 cm³/mol. The van der Waals surface area contributed by atoms with Crippen LogP contribution in [0.2, 0.25) is 0 Å². The summed E-state index contributed by atoms with van der Waals surface area (Å²) in [5, 5.41) is 8.76. The Balaban J connectivity index is 4.13. The lowest BCUT2D eigenvalue weighted by Gasteiger charge is -2.27. The molecule has 0 aliphatic heterocycles. The van der Waals surface area contributed by atoms with Crippen LogP contribution in [0.25, 0.3) is 0 Å². The van der Waals surface area contributed by atoms with E-state index in [-0.39, 0.29) is 11.7 Å². The fourth-order valence-corrected chi connectivity index (χ4v) is 1.69. The summed E-state index contributed by atoms with van der Waals surface area (Å²) in [5.41, 5.74) is 9.79. The molecule has 0 unspecified atom stereocenters. The van der Waals surface area contributed by atoms with Crippen LogP contribution in [0.3, 0.4) is 0 Å². The van der Waals surface area contributed by atoms with Gasteiger partial charge in [0.2, 0.25) is 11.8 Å². The number of carboxylic acids is 1. The van der Waals surface area contributed by atoms with E-state index in [2.05, 4.69) is 10.9 Å². The number of hydrogen-bond donors (Lipinski definition) is 4. The summed E-state index contributed by atoms with van der Waals surface area (Å²) in [6, 6.07) is -1.07. The third kappa shape index (κ3) is 6.12. The van der Waals surface area contributed by atoms with Crippen molar-refractivity contribution in [1.82, 2.24) is 10.9 Å². The molecule has 0 aliphatic carbocycles. The maximum atomic E-state index is 11.3. The van der Waals surface area contributed by atoms with E-state index >= 15 is 0 Å². The highest BCUT2D eigenvalue weighted by Gasteiger charge is 2.33. The largest absolute Gasteiger partial charge is 0.480 e. The second-order valence-electron chi connectivity index (χ2n) is 3.94. The molecule has 0 heterocycles. The zero-order valence-electron chi connectivity index (χ0n) is 9.94. The Morgan fingerprint density at radius 3 is 2.29 bits per heavy atom. The van der Waals surface area contributed by atoms with Gasteiger partial charge in [-0.25, -0.2) is 0 Å². The Labute approximate surface area is 103 Å². The van der Waals surface area contributed by atoms with Gasteiger partial charge in [-0.2, -0.15) is 0 Å². The first-order chi connectivity index (χ1) is 7.66. The van der Waals surface area contributed by atoms with Crippen molar-refractivity contribution in [3.8, 4) is 0 Å². The minimum absolute atomic E-state index is 0.00819. The average Bonchev–Trinajstić information content (AvgIpc) is 2.22. The average molecular weight is 263 g/mol. The molecule has 0 spiro atoms. The van der Waals surface area contributed by atoms with E-state index in [0.717, 1.165) is 11.8 Å². The maximum Gasteiger partial charge on any atom is 0.321 e. The van der Waals surface area contributed by atoms with Crippen molar-refractivity contribution >= 4 is 29.5 Å². The van der Waals surface area contributed by atoms with Crippen molar-refractivity contribution in [3.05, 3.63) is 0 Å². The minimum atomic E-state index is -1.12. The third-order valence-electron chi connectivity index (χ3n) is 1.97. The molecule has 0 radical (unpaired) electrons. The van der Waals surface area contributed by atoms with Crippen LogP contribution in [0.15, 0.2) is 0 Å². The van der Waals surface area contributed by atoms with Gasteiger partial charge in [0.25, 0.3) is 0 Å². The van der Waals surface area contributed by atoms with Gasteiger partial charge in [-0.3, -0.25) is 25.2 Å². The van der Waals surface area contributed by atoms with Crippen molar-refractivity contribution in [2.45, 2.75) is 31.6 Å². The molecule has 17 heavy (non-hydrogen) atoms. The van der Waals surface area contributed by atoms with Crippen LogP contribution in [0.5, 0.6) is 0 Å². The lowest BCUT2D eigenvalue weighted by molar-refractivity contribution is -0.139. The van der Waals surface area contributed by atoms with Crippen LogP contribution < -0.4 is 16.6 Å². The van der Waals surface area contributed by atoms with Crippen molar-refractivity contribution in [2.75, 3.05) is 5.75 Å². The number of carboxylic acid groups (broad SMARTS) is 1. The van der Waals surface area contributed by atoms with E-state index in [1.165, 1.54) is 6.92 Å². The highest BCUT2D eigenvalue weighted by Crippen LogP contribution is 2.26. The van der Waals surface area contributed by atoms with Gasteiger partial charge >= 0.3 is 5.97 Å². The van der Waals surface area contributed by atoms with Crippen LogP contribution in [0.4, 0.5) is 0 Å². The Morgan fingerprint density at radius 2 is 1.88 bits per heavy atom. The zero-order chi connectivity index (χ0) is 13.6. The van der Waals surface area contributed by atoms with Crippen molar-refractivity contribution in [1.29, 1.82) is 0 Å². The first-order valence-electron chi connectivity index (χ1n) is 4.84. The fraction of sp³-hybridized carbons (Fsp3) is 0.667. The number of carbonyl (C=O) groups excluding carboxylic acids is 2. The van der Waals surface area contributed by atoms with E-state index in [9.17, 15) is 14.4 Å². The molecule has 8 heteroatoms. The summed E-state index contributed by atoms with van der Waals surface area (Å²) < 4.78 is -0.778. The smallest absolute Gasteiger partial charge is 0.321 e. The molecule has 0 aromatic carbocycles. The van der Waals surface area contributed by atoms with Crippen LogP contribution in [-0.4, -0.2) is 39.4 Å². The van der Waals surface area contributed by atoms with Crippen LogP contribution in [0.1, 0.15) is 20.8 Å². The number of amides is 2. The van der Waals surface area contributed by atoms with Crippen molar-refractivity contribution < 1.29 is 19.5 Å². The number of aliphatic carboxylic acids is 1. The molecule has 98 valence electrons. The van der Waals surface area contributed by atoms with Crippen LogP contribution in [-0.2, 0) is 14.4 Å². The molecular formula is C9H17N3O4S. The number of thioether (sulfide) groups is 1. The summed E-state index contributed by atoms with van der Waals surface area (Å²) in [6.07, 6.45) is 0. The van der Waals surface area contributed by atoms with Gasteiger partial charge in [0.1, 0.15) is 6.04 Å². The third-order valence-corrected chi connectivity index (χ3v) is 3.37. The molecule has 0 fully saturated rings. The summed E-state index contributed by atoms with van der Waals surface area (Å²) in [7, 11) is 0. The number of hydrogen-bond acceptors (Lipinski definition) is 5. The molecule has 0 saturated carbocycles. The SMILES string of the molecule is CC(=O)NNC(=O)CSC(C)(C)[C@H](N)C(=O)O. The van der Waals surface area contributed by atoms with Gasteiger partial charge in [-0.15, -0.1) is 11.8 Å². The topological polar surface area (TPSA) is 122 Å². The Kier molecular flexibility index (Phi) is 5.97. The quantitative estimate of drug-likeness (QED) is 0.476. The van der Waals surface area contributed by atoms with Crippen molar-refractivity contribution in [3.63, 3.8) is 0 Å². The number of carbonyl (C=O) groups is 3. The normalized spacial score (nSPS) is 12.7. The molecule has 1 atom stereocenters. The number of nitrogens with two attached hydrogens (primary N) is 1. The summed E-state index contributed by atoms with van der Waals surface area (Å²) in [5.74, 6) is -1.92. The number of nitrogens with one attached hydrogen (secondary N) is 2. The van der Waals surface area contributed by atoms with Gasteiger partial charge < -0.3 is 10.8 Å². The summed E-state index contributed by atoms with van der Waals surface area (Å²) in [6.45, 7) is 4.54. The maximum absolute atomic E-state index is 11.3. The second kappa shape index (κ2) is 6.45. The molecule has 0 rings (SSSR count). The molecule has 5 N–H and O–H groups in total. The highest BCUT2D eigenvalue weighted by atomic mass is 32.2. The van der Waals surface area contributed by atoms with Gasteiger partial charge in [0, 0.05) is 11.7 Å². The van der Waals surface area contributed by atoms with Gasteiger partial charge in [0.05, 0.1) is 5.75 Å². The Hall–Kier alpha value is -1.28. The predicted octanol–water partition coefficient (Wildman–Crippen LogP) is -0.923. The molecular weight excluding hydrogens is 246 g/mol. The van der Waals surface area contributed by atoms with Crippen LogP contribution >= 0.6 is 11.8 Å². The monoisotopic (exact) mass is 263 g/mol. The fourth-order valence-electron chi connectivity index (χ4n) is 0.832. The molecule has 0 aromatic heterocycles. The molecule has 0 aromatic rings. The molecule has 0 saturated heterocycles. The van der Waals surface area contributed by atoms with E-state index in [0.29, 0.717) is 0 Å². The van der Waals surface area contributed by atoms with Crippen molar-refractivity contribution in [2.24, 2.45) is 5.73 Å². The standard InChI is InChI=1S/C9H17N3O4S/c1-5(13)11-12-6(14)4-17-9(2,3)7(10)8(15)16/h7H,4,10H2,1-3H3,(H,11,13)(H,12,14)(H,15,16)/t7-/m1/s1. The first kappa shape index (κ1) is 15.7. The Bertz CT molecular complexity index is 319. The van der Waals surface area contributed by atoms with E-state index < -0.39 is 22.7 Å². The molecule has 2 amide bonds. The van der Waals surface area contributed by atoms with E-state index in [1.54, 1.807) is 13.8 Å². The van der Waals surface area contributed by atoms with E-state index in [4.69, 9.17) is 10.8 Å². The number of hydrazine groups is 1.